The van der Waals surface area contributed by atoms with Gasteiger partial charge in [-0.1, -0.05) is 0 Å². The van der Waals surface area contributed by atoms with Crippen LogP contribution in [0.15, 0.2) is 18.2 Å². The van der Waals surface area contributed by atoms with Crippen LogP contribution in [0.25, 0.3) is 0 Å². The average molecular weight is 251 g/mol. The number of benzene rings is 1. The molecular weight excluding hydrogens is 238 g/mol. The second kappa shape index (κ2) is 5.75. The van der Waals surface area contributed by atoms with Gasteiger partial charge in [0.1, 0.15) is 11.6 Å². The fourth-order valence-corrected chi connectivity index (χ4v) is 1.28. The van der Waals surface area contributed by atoms with Crippen molar-refractivity contribution in [3.05, 3.63) is 24.0 Å². The highest BCUT2D eigenvalue weighted by atomic mass is 19.4. The van der Waals surface area contributed by atoms with Gasteiger partial charge in [0, 0.05) is 19.0 Å². The molecule has 1 N–H and O–H groups in total. The Labute approximate surface area is 96.6 Å². The maximum atomic E-state index is 13.2. The van der Waals surface area contributed by atoms with Crippen LogP contribution in [-0.4, -0.2) is 19.8 Å². The van der Waals surface area contributed by atoms with E-state index in [4.69, 9.17) is 4.74 Å². The van der Waals surface area contributed by atoms with E-state index in [1.807, 2.05) is 0 Å². The standard InChI is InChI=1S/C11H13F4NO/c1-17-8-3-4-9(12)10(7-8)16-6-2-5-11(13,14)15/h3-4,7,16H,2,5-6H2,1H3. The largest absolute Gasteiger partial charge is 0.497 e. The fraction of sp³-hybridized carbons (Fsp3) is 0.455. The lowest BCUT2D eigenvalue weighted by Gasteiger charge is -2.10. The first-order chi connectivity index (χ1) is 7.92. The lowest BCUT2D eigenvalue weighted by molar-refractivity contribution is -0.134. The van der Waals surface area contributed by atoms with Crippen molar-refractivity contribution in [2.45, 2.75) is 19.0 Å². The van der Waals surface area contributed by atoms with Crippen molar-refractivity contribution in [3.63, 3.8) is 0 Å². The number of rotatable bonds is 5. The van der Waals surface area contributed by atoms with Crippen LogP contribution in [0, 0.1) is 5.82 Å². The van der Waals surface area contributed by atoms with Crippen LogP contribution in [0.4, 0.5) is 23.2 Å². The Kier molecular flexibility index (Phi) is 4.60. The molecule has 1 rings (SSSR count). The highest BCUT2D eigenvalue weighted by Crippen LogP contribution is 2.23. The fourth-order valence-electron chi connectivity index (χ4n) is 1.28. The first-order valence-corrected chi connectivity index (χ1v) is 5.06. The minimum Gasteiger partial charge on any atom is -0.497 e. The van der Waals surface area contributed by atoms with Crippen molar-refractivity contribution in [1.29, 1.82) is 0 Å². The van der Waals surface area contributed by atoms with Gasteiger partial charge in [0.15, 0.2) is 0 Å². The molecule has 0 fully saturated rings. The molecule has 6 heteroatoms. The summed E-state index contributed by atoms with van der Waals surface area (Å²) in [6, 6.07) is 4.05. The molecule has 0 atom stereocenters. The van der Waals surface area contributed by atoms with E-state index in [-0.39, 0.29) is 18.7 Å². The molecule has 0 saturated heterocycles. The van der Waals surface area contributed by atoms with Crippen LogP contribution in [0.2, 0.25) is 0 Å². The Bertz CT molecular complexity index is 365. The van der Waals surface area contributed by atoms with Gasteiger partial charge in [-0.3, -0.25) is 0 Å². The molecule has 1 aromatic carbocycles. The first kappa shape index (κ1) is 13.6. The molecule has 2 nitrogen and oxygen atoms in total. The lowest BCUT2D eigenvalue weighted by Crippen LogP contribution is -2.11. The van der Waals surface area contributed by atoms with E-state index in [0.29, 0.717) is 5.75 Å². The first-order valence-electron chi connectivity index (χ1n) is 5.06. The highest BCUT2D eigenvalue weighted by Gasteiger charge is 2.25. The number of hydrogen-bond donors (Lipinski definition) is 1. The third-order valence-electron chi connectivity index (χ3n) is 2.13. The number of nitrogens with one attached hydrogen (secondary N) is 1. The molecular formula is C11H13F4NO. The van der Waals surface area contributed by atoms with Gasteiger partial charge in [0.2, 0.25) is 0 Å². The molecule has 96 valence electrons. The van der Waals surface area contributed by atoms with Gasteiger partial charge in [-0.2, -0.15) is 13.2 Å². The van der Waals surface area contributed by atoms with Gasteiger partial charge in [0.25, 0.3) is 0 Å². The molecule has 0 heterocycles. The number of alkyl halides is 3. The third-order valence-corrected chi connectivity index (χ3v) is 2.13. The zero-order valence-corrected chi connectivity index (χ0v) is 9.27. The van der Waals surface area contributed by atoms with Crippen LogP contribution in [-0.2, 0) is 0 Å². The van der Waals surface area contributed by atoms with E-state index < -0.39 is 18.4 Å². The van der Waals surface area contributed by atoms with Gasteiger partial charge in [0.05, 0.1) is 12.8 Å². The number of hydrogen-bond acceptors (Lipinski definition) is 2. The number of methoxy groups -OCH3 is 1. The summed E-state index contributed by atoms with van der Waals surface area (Å²) in [4.78, 5) is 0. The molecule has 0 aliphatic carbocycles. The Balaban J connectivity index is 2.46. The highest BCUT2D eigenvalue weighted by molar-refractivity contribution is 5.49. The van der Waals surface area contributed by atoms with Crippen LogP contribution >= 0.6 is 0 Å². The van der Waals surface area contributed by atoms with Crippen LogP contribution in [0.3, 0.4) is 0 Å². The smallest absolute Gasteiger partial charge is 0.389 e. The van der Waals surface area contributed by atoms with E-state index in [1.54, 1.807) is 0 Å². The number of anilines is 1. The van der Waals surface area contributed by atoms with Crippen molar-refractivity contribution in [2.75, 3.05) is 19.0 Å². The normalized spacial score (nSPS) is 11.4. The zero-order valence-electron chi connectivity index (χ0n) is 9.27. The number of ether oxygens (including phenoxy) is 1. The Morgan fingerprint density at radius 1 is 1.29 bits per heavy atom. The molecule has 0 aliphatic heterocycles. The topological polar surface area (TPSA) is 21.3 Å². The van der Waals surface area contributed by atoms with Crippen LogP contribution in [0.5, 0.6) is 5.75 Å². The summed E-state index contributed by atoms with van der Waals surface area (Å²) in [5.41, 5.74) is 0.145. The van der Waals surface area contributed by atoms with Crippen molar-refractivity contribution >= 4 is 5.69 Å². The summed E-state index contributed by atoms with van der Waals surface area (Å²) in [5.74, 6) is -0.0671. The van der Waals surface area contributed by atoms with Crippen molar-refractivity contribution in [1.82, 2.24) is 0 Å². The van der Waals surface area contributed by atoms with E-state index in [1.165, 1.54) is 25.3 Å². The summed E-state index contributed by atoms with van der Waals surface area (Å²) in [7, 11) is 1.43. The summed E-state index contributed by atoms with van der Waals surface area (Å²) >= 11 is 0. The molecule has 0 saturated carbocycles. The molecule has 0 amide bonds. The van der Waals surface area contributed by atoms with Gasteiger partial charge >= 0.3 is 6.18 Å². The summed E-state index contributed by atoms with van der Waals surface area (Å²) < 4.78 is 53.7. The van der Waals surface area contributed by atoms with Crippen molar-refractivity contribution in [3.8, 4) is 5.75 Å². The quantitative estimate of drug-likeness (QED) is 0.637. The molecule has 0 unspecified atom stereocenters. The molecule has 1 aromatic rings. The Morgan fingerprint density at radius 3 is 2.59 bits per heavy atom. The van der Waals surface area contributed by atoms with E-state index in [9.17, 15) is 17.6 Å². The number of halogens is 4. The summed E-state index contributed by atoms with van der Waals surface area (Å²) in [5, 5.41) is 2.61. The molecule has 0 radical (unpaired) electrons. The van der Waals surface area contributed by atoms with Gasteiger partial charge < -0.3 is 10.1 Å². The van der Waals surface area contributed by atoms with E-state index in [0.717, 1.165) is 0 Å². The molecule has 0 bridgehead atoms. The SMILES string of the molecule is COc1ccc(F)c(NCCCC(F)(F)F)c1. The van der Waals surface area contributed by atoms with Gasteiger partial charge in [-0.15, -0.1) is 0 Å². The Morgan fingerprint density at radius 2 is 2.00 bits per heavy atom. The van der Waals surface area contributed by atoms with Crippen molar-refractivity contribution < 1.29 is 22.3 Å². The summed E-state index contributed by atoms with van der Waals surface area (Å²) in [6.45, 7) is 0.0591. The third kappa shape index (κ3) is 4.93. The predicted octanol–water partition coefficient (Wildman–Crippen LogP) is 3.59. The molecule has 17 heavy (non-hydrogen) atoms. The maximum absolute atomic E-state index is 13.2. The zero-order chi connectivity index (χ0) is 12.9. The minimum absolute atomic E-state index is 0.0591. The summed E-state index contributed by atoms with van der Waals surface area (Å²) in [6.07, 6.45) is -5.15. The molecule has 0 aromatic heterocycles. The van der Waals surface area contributed by atoms with Crippen LogP contribution in [0.1, 0.15) is 12.8 Å². The Hall–Kier alpha value is -1.46. The maximum Gasteiger partial charge on any atom is 0.389 e. The molecule has 0 spiro atoms. The van der Waals surface area contributed by atoms with E-state index in [2.05, 4.69) is 5.32 Å². The molecule has 0 aliphatic rings. The average Bonchev–Trinajstić information content (AvgIpc) is 2.25. The second-order valence-corrected chi connectivity index (χ2v) is 3.49. The van der Waals surface area contributed by atoms with Gasteiger partial charge in [-0.25, -0.2) is 4.39 Å². The lowest BCUT2D eigenvalue weighted by atomic mass is 10.2. The monoisotopic (exact) mass is 251 g/mol. The van der Waals surface area contributed by atoms with E-state index >= 15 is 0 Å². The predicted molar refractivity (Wildman–Crippen MR) is 56.7 cm³/mol. The van der Waals surface area contributed by atoms with Gasteiger partial charge in [-0.05, 0) is 18.6 Å². The minimum atomic E-state index is -4.17. The van der Waals surface area contributed by atoms with Crippen LogP contribution < -0.4 is 10.1 Å². The second-order valence-electron chi connectivity index (χ2n) is 3.49. The van der Waals surface area contributed by atoms with Crippen molar-refractivity contribution in [2.24, 2.45) is 0 Å².